The molecule has 9 nitrogen and oxygen atoms in total. The Hall–Kier alpha value is -3.43. The van der Waals surface area contributed by atoms with Gasteiger partial charge >= 0.3 is 6.03 Å². The average molecular weight is 415 g/mol. The number of carbonyl (C=O) groups is 2. The zero-order valence-corrected chi connectivity index (χ0v) is 16.5. The molecular weight excluding hydrogens is 393 g/mol. The lowest BCUT2D eigenvalue weighted by Gasteiger charge is -2.22. The summed E-state index contributed by atoms with van der Waals surface area (Å²) >= 11 is 0. The first-order valence-electron chi connectivity index (χ1n) is 9.67. The highest BCUT2D eigenvalue weighted by atomic mass is 19.1. The minimum atomic E-state index is -0.460. The second-order valence-electron chi connectivity index (χ2n) is 7.05. The van der Waals surface area contributed by atoms with Gasteiger partial charge in [0.25, 0.3) is 11.8 Å². The summed E-state index contributed by atoms with van der Waals surface area (Å²) in [6.45, 7) is 1.56. The van der Waals surface area contributed by atoms with Crippen LogP contribution in [0.1, 0.15) is 6.42 Å². The zero-order valence-electron chi connectivity index (χ0n) is 16.5. The number of rotatable bonds is 6. The number of likely N-dealkylation sites (tertiary alicyclic amines) is 1. The molecular formula is C20H22FN5O4. The van der Waals surface area contributed by atoms with Crippen molar-refractivity contribution in [1.82, 2.24) is 19.8 Å². The van der Waals surface area contributed by atoms with Crippen molar-refractivity contribution < 1.29 is 23.5 Å². The van der Waals surface area contributed by atoms with Crippen LogP contribution in [-0.4, -0.2) is 77.6 Å². The Bertz CT molecular complexity index is 943. The molecule has 1 aromatic carbocycles. The first kappa shape index (κ1) is 19.9. The Morgan fingerprint density at radius 1 is 1.17 bits per heavy atom. The van der Waals surface area contributed by atoms with E-state index in [0.717, 1.165) is 0 Å². The van der Waals surface area contributed by atoms with E-state index in [0.29, 0.717) is 32.6 Å². The molecule has 1 atom stereocenters. The van der Waals surface area contributed by atoms with E-state index in [9.17, 15) is 14.0 Å². The summed E-state index contributed by atoms with van der Waals surface area (Å²) in [6, 6.07) is 5.75. The minimum absolute atomic E-state index is 0.0506. The fourth-order valence-corrected chi connectivity index (χ4v) is 3.63. The predicted molar refractivity (Wildman–Crippen MR) is 105 cm³/mol. The molecule has 1 unspecified atom stereocenters. The number of halogens is 1. The van der Waals surface area contributed by atoms with Crippen molar-refractivity contribution in [3.63, 3.8) is 0 Å². The Kier molecular flexibility index (Phi) is 5.64. The summed E-state index contributed by atoms with van der Waals surface area (Å²) < 4.78 is 25.0. The standard InChI is InChI=1S/C20H22FN5O4/c1-29-18-19(23-8-7-22-18)30-14-6-9-24(12-14)17(27)13-25-10-11-26(20(25)28)16-5-3-2-4-15(16)21/h2-5,7-8,14H,6,9-13H2,1H3. The van der Waals surface area contributed by atoms with Crippen molar-refractivity contribution >= 4 is 17.6 Å². The van der Waals surface area contributed by atoms with Gasteiger partial charge in [-0.25, -0.2) is 19.2 Å². The molecule has 0 radical (unpaired) electrons. The predicted octanol–water partition coefficient (Wildman–Crippen LogP) is 1.55. The first-order valence-corrected chi connectivity index (χ1v) is 9.67. The normalized spacial score (nSPS) is 18.8. The summed E-state index contributed by atoms with van der Waals surface area (Å²) in [5.74, 6) is -0.0540. The van der Waals surface area contributed by atoms with E-state index in [2.05, 4.69) is 9.97 Å². The van der Waals surface area contributed by atoms with E-state index in [1.165, 1.54) is 35.4 Å². The highest BCUT2D eigenvalue weighted by Crippen LogP contribution is 2.25. The molecule has 30 heavy (non-hydrogen) atoms. The van der Waals surface area contributed by atoms with Crippen molar-refractivity contribution in [1.29, 1.82) is 0 Å². The minimum Gasteiger partial charge on any atom is -0.477 e. The van der Waals surface area contributed by atoms with Crippen LogP contribution in [0.4, 0.5) is 14.9 Å². The van der Waals surface area contributed by atoms with E-state index in [4.69, 9.17) is 9.47 Å². The fourth-order valence-electron chi connectivity index (χ4n) is 3.63. The number of hydrogen-bond acceptors (Lipinski definition) is 6. The maximum atomic E-state index is 14.0. The molecule has 0 saturated carbocycles. The number of carbonyl (C=O) groups excluding carboxylic acids is 2. The van der Waals surface area contributed by atoms with Gasteiger partial charge in [-0.15, -0.1) is 0 Å². The van der Waals surface area contributed by atoms with Gasteiger partial charge in [-0.1, -0.05) is 12.1 Å². The van der Waals surface area contributed by atoms with Gasteiger partial charge < -0.3 is 19.3 Å². The van der Waals surface area contributed by atoms with Crippen LogP contribution in [0, 0.1) is 5.82 Å². The number of urea groups is 1. The third-order valence-corrected chi connectivity index (χ3v) is 5.17. The lowest BCUT2D eigenvalue weighted by molar-refractivity contribution is -0.130. The molecule has 0 spiro atoms. The second kappa shape index (κ2) is 8.52. The van der Waals surface area contributed by atoms with Crippen LogP contribution in [0.2, 0.25) is 0 Å². The molecule has 3 amide bonds. The van der Waals surface area contributed by atoms with Gasteiger partial charge in [0, 0.05) is 38.4 Å². The number of para-hydroxylation sites is 1. The van der Waals surface area contributed by atoms with E-state index < -0.39 is 5.82 Å². The molecule has 2 saturated heterocycles. The Morgan fingerprint density at radius 3 is 2.70 bits per heavy atom. The van der Waals surface area contributed by atoms with Gasteiger partial charge in [-0.2, -0.15) is 0 Å². The third-order valence-electron chi connectivity index (χ3n) is 5.17. The summed E-state index contributed by atoms with van der Waals surface area (Å²) in [5, 5.41) is 0. The molecule has 0 aliphatic carbocycles. The van der Waals surface area contributed by atoms with Crippen molar-refractivity contribution in [2.45, 2.75) is 12.5 Å². The first-order chi connectivity index (χ1) is 14.6. The van der Waals surface area contributed by atoms with E-state index in [1.54, 1.807) is 23.1 Å². The van der Waals surface area contributed by atoms with Crippen LogP contribution in [0.3, 0.4) is 0 Å². The van der Waals surface area contributed by atoms with Crippen molar-refractivity contribution in [3.8, 4) is 11.8 Å². The average Bonchev–Trinajstić information content (AvgIpc) is 3.36. The van der Waals surface area contributed by atoms with Crippen molar-refractivity contribution in [2.75, 3.05) is 44.7 Å². The fraction of sp³-hybridized carbons (Fsp3) is 0.400. The number of amides is 3. The molecule has 4 rings (SSSR count). The van der Waals surface area contributed by atoms with Gasteiger partial charge in [0.1, 0.15) is 18.5 Å². The Morgan fingerprint density at radius 2 is 1.93 bits per heavy atom. The smallest absolute Gasteiger partial charge is 0.325 e. The quantitative estimate of drug-likeness (QED) is 0.711. The highest BCUT2D eigenvalue weighted by Gasteiger charge is 2.35. The van der Waals surface area contributed by atoms with Crippen molar-refractivity contribution in [2.24, 2.45) is 0 Å². The van der Waals surface area contributed by atoms with Gasteiger partial charge in [-0.05, 0) is 12.1 Å². The van der Waals surface area contributed by atoms with Crippen LogP contribution >= 0.6 is 0 Å². The summed E-state index contributed by atoms with van der Waals surface area (Å²) in [7, 11) is 1.49. The van der Waals surface area contributed by atoms with Crippen LogP contribution in [0.25, 0.3) is 0 Å². The van der Waals surface area contributed by atoms with E-state index >= 15 is 0 Å². The third kappa shape index (κ3) is 3.98. The zero-order chi connectivity index (χ0) is 21.1. The number of anilines is 1. The number of methoxy groups -OCH3 is 1. The van der Waals surface area contributed by atoms with Crippen molar-refractivity contribution in [3.05, 3.63) is 42.5 Å². The van der Waals surface area contributed by atoms with E-state index in [1.807, 2.05) is 0 Å². The number of nitrogens with zero attached hydrogens (tertiary/aromatic N) is 5. The topological polar surface area (TPSA) is 88.1 Å². The number of aromatic nitrogens is 2. The number of benzene rings is 1. The summed E-state index contributed by atoms with van der Waals surface area (Å²) in [4.78, 5) is 38.0. The molecule has 0 bridgehead atoms. The van der Waals surface area contributed by atoms with Gasteiger partial charge in [0.05, 0.1) is 19.3 Å². The Balaban J connectivity index is 1.33. The van der Waals surface area contributed by atoms with Crippen LogP contribution in [0.5, 0.6) is 11.8 Å². The molecule has 0 N–H and O–H groups in total. The molecule has 158 valence electrons. The molecule has 2 aromatic rings. The second-order valence-corrected chi connectivity index (χ2v) is 7.05. The maximum Gasteiger partial charge on any atom is 0.325 e. The monoisotopic (exact) mass is 415 g/mol. The van der Waals surface area contributed by atoms with Crippen LogP contribution < -0.4 is 14.4 Å². The largest absolute Gasteiger partial charge is 0.477 e. The lowest BCUT2D eigenvalue weighted by atomic mass is 10.3. The SMILES string of the molecule is COc1nccnc1OC1CCN(C(=O)CN2CCN(c3ccccc3F)C2=O)C1. The highest BCUT2D eigenvalue weighted by molar-refractivity contribution is 5.96. The van der Waals surface area contributed by atoms with E-state index in [-0.39, 0.29) is 42.0 Å². The molecule has 10 heteroatoms. The maximum absolute atomic E-state index is 14.0. The number of hydrogen-bond donors (Lipinski definition) is 0. The van der Waals surface area contributed by atoms with Gasteiger partial charge in [0.15, 0.2) is 0 Å². The molecule has 2 aliphatic heterocycles. The molecule has 1 aromatic heterocycles. The molecule has 2 aliphatic rings. The number of ether oxygens (including phenoxy) is 2. The summed E-state index contributed by atoms with van der Waals surface area (Å²) in [6.07, 6.45) is 3.42. The van der Waals surface area contributed by atoms with Gasteiger partial charge in [0.2, 0.25) is 5.91 Å². The van der Waals surface area contributed by atoms with Crippen LogP contribution in [0.15, 0.2) is 36.7 Å². The molecule has 2 fully saturated rings. The van der Waals surface area contributed by atoms with Gasteiger partial charge in [-0.3, -0.25) is 9.69 Å². The van der Waals surface area contributed by atoms with Crippen LogP contribution in [-0.2, 0) is 4.79 Å². The molecule has 3 heterocycles. The Labute approximate surface area is 173 Å². The lowest BCUT2D eigenvalue weighted by Crippen LogP contribution is -2.42. The summed E-state index contributed by atoms with van der Waals surface area (Å²) in [5.41, 5.74) is 0.227.